The first-order valence-corrected chi connectivity index (χ1v) is 9.78. The topological polar surface area (TPSA) is 82.5 Å². The van der Waals surface area contributed by atoms with Gasteiger partial charge in [-0.25, -0.2) is 4.98 Å². The summed E-state index contributed by atoms with van der Waals surface area (Å²) < 4.78 is 12.5. The number of nitrogens with one attached hydrogen (secondary N) is 1. The summed E-state index contributed by atoms with van der Waals surface area (Å²) in [5, 5.41) is 0.395. The number of benzene rings is 3. The number of rotatable bonds is 7. The Kier molecular flexibility index (Phi) is 5.93. The van der Waals surface area contributed by atoms with E-state index in [2.05, 4.69) is 10.4 Å². The first-order valence-electron chi connectivity index (χ1n) is 9.78. The van der Waals surface area contributed by atoms with Crippen molar-refractivity contribution in [1.29, 1.82) is 0 Å². The summed E-state index contributed by atoms with van der Waals surface area (Å²) >= 11 is 0. The molecule has 1 amide bonds. The Labute approximate surface area is 178 Å². The fourth-order valence-electron chi connectivity index (χ4n) is 3.07. The number of fused-ring (bicyclic) bond motifs is 1. The molecule has 4 aromatic rings. The van der Waals surface area contributed by atoms with Crippen LogP contribution < -0.4 is 20.5 Å². The molecule has 0 saturated carbocycles. The lowest BCUT2D eigenvalue weighted by atomic mass is 10.2. The van der Waals surface area contributed by atoms with E-state index < -0.39 is 5.91 Å². The highest BCUT2D eigenvalue weighted by molar-refractivity contribution is 5.86. The van der Waals surface area contributed by atoms with Gasteiger partial charge in [0, 0.05) is 0 Å². The average molecular weight is 415 g/mol. The van der Waals surface area contributed by atoms with Gasteiger partial charge in [-0.3, -0.25) is 15.0 Å². The summed E-state index contributed by atoms with van der Waals surface area (Å²) in [5.74, 6) is 1.03. The number of hydrogen-bond acceptors (Lipinski definition) is 5. The zero-order chi connectivity index (χ0) is 21.6. The molecule has 7 heteroatoms. The second-order valence-electron chi connectivity index (χ2n) is 6.88. The fraction of sp³-hybridized carbons (Fsp3) is 0.125. The summed E-state index contributed by atoms with van der Waals surface area (Å²) in [5.41, 5.74) is 3.69. The summed E-state index contributed by atoms with van der Waals surface area (Å²) in [6.45, 7) is 1.69. The minimum Gasteiger partial charge on any atom is -0.485 e. The largest absolute Gasteiger partial charge is 0.485 e. The Morgan fingerprint density at radius 3 is 2.45 bits per heavy atom. The summed E-state index contributed by atoms with van der Waals surface area (Å²) in [6, 6.07) is 23.5. The van der Waals surface area contributed by atoms with Gasteiger partial charge in [0.1, 0.15) is 18.1 Å². The summed E-state index contributed by atoms with van der Waals surface area (Å²) in [6.07, 6.45) is 0. The fourth-order valence-corrected chi connectivity index (χ4v) is 3.07. The van der Waals surface area contributed by atoms with E-state index in [-0.39, 0.29) is 24.6 Å². The van der Waals surface area contributed by atoms with Crippen molar-refractivity contribution < 1.29 is 14.3 Å². The van der Waals surface area contributed by atoms with E-state index in [1.54, 1.807) is 36.4 Å². The number of amides is 1. The van der Waals surface area contributed by atoms with Crippen LogP contribution in [0.15, 0.2) is 83.7 Å². The van der Waals surface area contributed by atoms with Gasteiger partial charge in [-0.05, 0) is 42.8 Å². The molecule has 4 rings (SSSR count). The maximum Gasteiger partial charge on any atom is 0.280 e. The van der Waals surface area contributed by atoms with Gasteiger partial charge in [-0.15, -0.1) is 0 Å². The first kappa shape index (κ1) is 20.2. The highest BCUT2D eigenvalue weighted by Crippen LogP contribution is 2.18. The minimum absolute atomic E-state index is 0.00471. The van der Waals surface area contributed by atoms with Crippen molar-refractivity contribution in [1.82, 2.24) is 9.66 Å². The van der Waals surface area contributed by atoms with Crippen LogP contribution >= 0.6 is 0 Å². The zero-order valence-corrected chi connectivity index (χ0v) is 16.9. The van der Waals surface area contributed by atoms with E-state index in [0.717, 1.165) is 10.2 Å². The van der Waals surface area contributed by atoms with Crippen LogP contribution in [-0.4, -0.2) is 22.2 Å². The van der Waals surface area contributed by atoms with Gasteiger partial charge in [0.15, 0.2) is 12.4 Å². The van der Waals surface area contributed by atoms with Crippen LogP contribution in [0.1, 0.15) is 11.4 Å². The van der Waals surface area contributed by atoms with Gasteiger partial charge in [0.25, 0.3) is 11.5 Å². The Bertz CT molecular complexity index is 1270. The van der Waals surface area contributed by atoms with Gasteiger partial charge in [-0.1, -0.05) is 48.5 Å². The SMILES string of the molecule is Cc1ccccc1OCc1nc2ccccc2c(=O)n1NC(=O)COc1ccccc1. The molecule has 0 aliphatic heterocycles. The smallest absolute Gasteiger partial charge is 0.280 e. The van der Waals surface area contributed by atoms with E-state index in [0.29, 0.717) is 22.4 Å². The molecule has 0 unspecified atom stereocenters. The lowest BCUT2D eigenvalue weighted by Gasteiger charge is -2.16. The Hall–Kier alpha value is -4.13. The third-order valence-electron chi connectivity index (χ3n) is 4.65. The average Bonchev–Trinajstić information content (AvgIpc) is 2.80. The lowest BCUT2D eigenvalue weighted by Crippen LogP contribution is -2.38. The van der Waals surface area contributed by atoms with Crippen molar-refractivity contribution in [3.63, 3.8) is 0 Å². The Morgan fingerprint density at radius 2 is 1.65 bits per heavy atom. The summed E-state index contributed by atoms with van der Waals surface area (Å²) in [4.78, 5) is 30.1. The van der Waals surface area contributed by atoms with E-state index in [4.69, 9.17) is 9.47 Å². The normalized spacial score (nSPS) is 10.6. The van der Waals surface area contributed by atoms with Crippen LogP contribution in [0.3, 0.4) is 0 Å². The molecule has 1 N–H and O–H groups in total. The van der Waals surface area contributed by atoms with Crippen LogP contribution in [0.2, 0.25) is 0 Å². The summed E-state index contributed by atoms with van der Waals surface area (Å²) in [7, 11) is 0. The number of aromatic nitrogens is 2. The van der Waals surface area contributed by atoms with E-state index in [9.17, 15) is 9.59 Å². The van der Waals surface area contributed by atoms with E-state index in [1.165, 1.54) is 0 Å². The van der Waals surface area contributed by atoms with E-state index in [1.807, 2.05) is 49.4 Å². The van der Waals surface area contributed by atoms with Gasteiger partial charge in [-0.2, -0.15) is 4.68 Å². The van der Waals surface area contributed by atoms with Gasteiger partial charge < -0.3 is 9.47 Å². The Balaban J connectivity index is 1.60. The molecule has 0 bridgehead atoms. The Morgan fingerprint density at radius 1 is 0.935 bits per heavy atom. The van der Waals surface area contributed by atoms with Gasteiger partial charge >= 0.3 is 0 Å². The highest BCUT2D eigenvalue weighted by Gasteiger charge is 2.15. The van der Waals surface area contributed by atoms with Crippen molar-refractivity contribution in [2.75, 3.05) is 12.0 Å². The molecule has 1 heterocycles. The van der Waals surface area contributed by atoms with E-state index >= 15 is 0 Å². The molecule has 0 atom stereocenters. The molecule has 3 aromatic carbocycles. The second kappa shape index (κ2) is 9.13. The number of para-hydroxylation sites is 3. The number of nitrogens with zero attached hydrogens (tertiary/aromatic N) is 2. The quantitative estimate of drug-likeness (QED) is 0.500. The van der Waals surface area contributed by atoms with Crippen molar-refractivity contribution in [2.45, 2.75) is 13.5 Å². The van der Waals surface area contributed by atoms with Crippen molar-refractivity contribution in [2.24, 2.45) is 0 Å². The third-order valence-corrected chi connectivity index (χ3v) is 4.65. The monoisotopic (exact) mass is 415 g/mol. The standard InChI is InChI=1S/C24H21N3O4/c1-17-9-5-8-14-21(17)31-15-22-25-20-13-7-6-12-19(20)24(29)27(22)26-23(28)16-30-18-10-3-2-4-11-18/h2-14H,15-16H2,1H3,(H,26,28). The minimum atomic E-state index is -0.486. The maximum absolute atomic E-state index is 13.0. The third kappa shape index (κ3) is 4.72. The molecule has 156 valence electrons. The molecule has 1 aromatic heterocycles. The molecule has 0 spiro atoms. The van der Waals surface area contributed by atoms with Crippen LogP contribution in [0.5, 0.6) is 11.5 Å². The molecular formula is C24H21N3O4. The zero-order valence-electron chi connectivity index (χ0n) is 16.9. The van der Waals surface area contributed by atoms with Crippen molar-refractivity contribution in [3.05, 3.63) is 101 Å². The molecule has 0 saturated heterocycles. The molecule has 31 heavy (non-hydrogen) atoms. The van der Waals surface area contributed by atoms with Crippen molar-refractivity contribution in [3.8, 4) is 11.5 Å². The second-order valence-corrected chi connectivity index (χ2v) is 6.88. The number of ether oxygens (including phenoxy) is 2. The number of aryl methyl sites for hydroxylation is 1. The molecule has 7 nitrogen and oxygen atoms in total. The maximum atomic E-state index is 13.0. The molecule has 0 aliphatic carbocycles. The number of carbonyl (C=O) groups excluding carboxylic acids is 1. The number of carbonyl (C=O) groups is 1. The molecule has 0 fully saturated rings. The predicted octanol–water partition coefficient (Wildman–Crippen LogP) is 3.43. The molecular weight excluding hydrogens is 394 g/mol. The van der Waals surface area contributed by atoms with Crippen LogP contribution in [0.25, 0.3) is 10.9 Å². The van der Waals surface area contributed by atoms with Crippen LogP contribution in [0, 0.1) is 6.92 Å². The first-order chi connectivity index (χ1) is 15.1. The molecule has 0 aliphatic rings. The van der Waals surface area contributed by atoms with Crippen LogP contribution in [0.4, 0.5) is 0 Å². The molecule has 0 radical (unpaired) electrons. The van der Waals surface area contributed by atoms with Gasteiger partial charge in [0.05, 0.1) is 10.9 Å². The van der Waals surface area contributed by atoms with Crippen molar-refractivity contribution >= 4 is 16.8 Å². The predicted molar refractivity (Wildman–Crippen MR) is 118 cm³/mol. The van der Waals surface area contributed by atoms with Gasteiger partial charge in [0.2, 0.25) is 0 Å². The van der Waals surface area contributed by atoms with Crippen LogP contribution in [-0.2, 0) is 11.4 Å². The lowest BCUT2D eigenvalue weighted by molar-refractivity contribution is -0.119. The number of hydrogen-bond donors (Lipinski definition) is 1. The highest BCUT2D eigenvalue weighted by atomic mass is 16.5.